The van der Waals surface area contributed by atoms with Gasteiger partial charge >= 0.3 is 0 Å². The smallest absolute Gasteiger partial charge is 0.266 e. The summed E-state index contributed by atoms with van der Waals surface area (Å²) in [5, 5.41) is 2.96. The molecule has 1 N–H and O–H groups in total. The minimum Gasteiger partial charge on any atom is -0.352 e. The third-order valence-electron chi connectivity index (χ3n) is 3.77. The first-order valence-corrected chi connectivity index (χ1v) is 10.1. The van der Waals surface area contributed by atoms with Crippen molar-refractivity contribution < 1.29 is 9.59 Å². The molecule has 1 saturated heterocycles. The van der Waals surface area contributed by atoms with Gasteiger partial charge in [-0.1, -0.05) is 60.7 Å². The molecule has 2 amide bonds. The Morgan fingerprint density at radius 3 is 2.54 bits per heavy atom. The lowest BCUT2D eigenvalue weighted by atomic mass is 10.1. The Kier molecular flexibility index (Phi) is 7.41. The van der Waals surface area contributed by atoms with E-state index in [-0.39, 0.29) is 17.4 Å². The van der Waals surface area contributed by atoms with E-state index in [1.165, 1.54) is 11.8 Å². The number of unbranched alkanes of at least 4 members (excludes halogenated alkanes) is 2. The van der Waals surface area contributed by atoms with Gasteiger partial charge in [0.2, 0.25) is 5.91 Å². The van der Waals surface area contributed by atoms with E-state index >= 15 is 0 Å². The number of benzene rings is 1. The molecule has 2 rings (SSSR count). The summed E-state index contributed by atoms with van der Waals surface area (Å²) in [5.41, 5.74) is 0.807. The molecule has 0 unspecified atom stereocenters. The van der Waals surface area contributed by atoms with E-state index in [0.717, 1.165) is 24.8 Å². The SMILES string of the molecule is CC(C)(C)NC(=O)CCCCCN1C(=O)/C(=C/c2ccccc2)SC1=S. The minimum atomic E-state index is -0.191. The van der Waals surface area contributed by atoms with Crippen molar-refractivity contribution in [1.29, 1.82) is 0 Å². The second kappa shape index (κ2) is 9.33. The summed E-state index contributed by atoms with van der Waals surface area (Å²) in [6, 6.07) is 9.78. The molecule has 1 fully saturated rings. The van der Waals surface area contributed by atoms with Crippen molar-refractivity contribution in [1.82, 2.24) is 10.2 Å². The number of hydrogen-bond donors (Lipinski definition) is 1. The van der Waals surface area contributed by atoms with Crippen LogP contribution in [0.15, 0.2) is 35.2 Å². The predicted molar refractivity (Wildman–Crippen MR) is 113 cm³/mol. The monoisotopic (exact) mass is 390 g/mol. The zero-order chi connectivity index (χ0) is 19.2. The number of amides is 2. The first kappa shape index (κ1) is 20.6. The van der Waals surface area contributed by atoms with Crippen LogP contribution in [0.1, 0.15) is 52.0 Å². The molecule has 1 aliphatic rings. The van der Waals surface area contributed by atoms with Crippen LogP contribution in [0, 0.1) is 0 Å². The fourth-order valence-electron chi connectivity index (χ4n) is 2.61. The standard InChI is InChI=1S/C20H26N2O2S2/c1-20(2,3)21-17(23)12-8-5-9-13-22-18(24)16(26-19(22)25)14-15-10-6-4-7-11-15/h4,6-7,10-11,14H,5,8-9,12-13H2,1-3H3,(H,21,23)/b16-14-. The molecule has 6 heteroatoms. The van der Waals surface area contributed by atoms with Crippen LogP contribution < -0.4 is 5.32 Å². The summed E-state index contributed by atoms with van der Waals surface area (Å²) < 4.78 is 0.614. The molecule has 26 heavy (non-hydrogen) atoms. The number of nitrogens with one attached hydrogen (secondary N) is 1. The number of thiocarbonyl (C=S) groups is 1. The summed E-state index contributed by atoms with van der Waals surface area (Å²) in [6.07, 6.45) is 4.95. The average Bonchev–Trinajstić information content (AvgIpc) is 2.81. The van der Waals surface area contributed by atoms with Crippen molar-refractivity contribution in [3.8, 4) is 0 Å². The van der Waals surface area contributed by atoms with E-state index in [9.17, 15) is 9.59 Å². The number of carbonyl (C=O) groups is 2. The van der Waals surface area contributed by atoms with Crippen molar-refractivity contribution in [3.05, 3.63) is 40.8 Å². The molecule has 0 radical (unpaired) electrons. The van der Waals surface area contributed by atoms with Crippen molar-refractivity contribution in [3.63, 3.8) is 0 Å². The average molecular weight is 391 g/mol. The summed E-state index contributed by atoms with van der Waals surface area (Å²) in [6.45, 7) is 6.53. The molecule has 4 nitrogen and oxygen atoms in total. The first-order valence-electron chi connectivity index (χ1n) is 8.88. The van der Waals surface area contributed by atoms with Crippen LogP contribution in [0.5, 0.6) is 0 Å². The third kappa shape index (κ3) is 6.57. The molecule has 0 spiro atoms. The van der Waals surface area contributed by atoms with E-state index in [2.05, 4.69) is 5.32 Å². The van der Waals surface area contributed by atoms with Gasteiger partial charge in [-0.15, -0.1) is 0 Å². The molecule has 0 atom stereocenters. The van der Waals surface area contributed by atoms with Crippen LogP contribution in [0.25, 0.3) is 6.08 Å². The van der Waals surface area contributed by atoms with Gasteiger partial charge < -0.3 is 5.32 Å². The Labute approximate surface area is 165 Å². The van der Waals surface area contributed by atoms with Crippen molar-refractivity contribution in [2.24, 2.45) is 0 Å². The maximum atomic E-state index is 12.5. The zero-order valence-corrected chi connectivity index (χ0v) is 17.2. The molecule has 1 aliphatic heterocycles. The van der Waals surface area contributed by atoms with Crippen LogP contribution in [0.2, 0.25) is 0 Å². The molecule has 0 saturated carbocycles. The van der Waals surface area contributed by atoms with E-state index in [0.29, 0.717) is 22.2 Å². The molecular weight excluding hydrogens is 364 g/mol. The van der Waals surface area contributed by atoms with E-state index < -0.39 is 0 Å². The van der Waals surface area contributed by atoms with Crippen LogP contribution in [-0.2, 0) is 9.59 Å². The quantitative estimate of drug-likeness (QED) is 0.427. The van der Waals surface area contributed by atoms with Crippen LogP contribution in [-0.4, -0.2) is 33.1 Å². The molecule has 1 aromatic rings. The van der Waals surface area contributed by atoms with Gasteiger partial charge in [-0.2, -0.15) is 0 Å². The van der Waals surface area contributed by atoms with Crippen LogP contribution in [0.3, 0.4) is 0 Å². The van der Waals surface area contributed by atoms with Crippen molar-refractivity contribution in [2.45, 2.75) is 52.0 Å². The third-order valence-corrected chi connectivity index (χ3v) is 5.15. The molecular formula is C20H26N2O2S2. The Morgan fingerprint density at radius 2 is 1.88 bits per heavy atom. The number of nitrogens with zero attached hydrogens (tertiary/aromatic N) is 1. The van der Waals surface area contributed by atoms with Gasteiger partial charge in [0.05, 0.1) is 4.91 Å². The number of hydrogen-bond acceptors (Lipinski definition) is 4. The van der Waals surface area contributed by atoms with Gasteiger partial charge in [-0.25, -0.2) is 0 Å². The number of carbonyl (C=O) groups excluding carboxylic acids is 2. The highest BCUT2D eigenvalue weighted by Crippen LogP contribution is 2.32. The maximum absolute atomic E-state index is 12.5. The molecule has 0 aliphatic carbocycles. The Bertz CT molecular complexity index is 694. The first-order chi connectivity index (χ1) is 12.3. The van der Waals surface area contributed by atoms with Crippen molar-refractivity contribution >= 4 is 46.2 Å². The van der Waals surface area contributed by atoms with E-state index in [4.69, 9.17) is 12.2 Å². The highest BCUT2D eigenvalue weighted by atomic mass is 32.2. The highest BCUT2D eigenvalue weighted by Gasteiger charge is 2.31. The number of thioether (sulfide) groups is 1. The molecule has 1 heterocycles. The molecule has 140 valence electrons. The lowest BCUT2D eigenvalue weighted by molar-refractivity contribution is -0.123. The Balaban J connectivity index is 1.76. The topological polar surface area (TPSA) is 49.4 Å². The van der Waals surface area contributed by atoms with E-state index in [1.807, 2.05) is 57.2 Å². The number of rotatable bonds is 7. The van der Waals surface area contributed by atoms with E-state index in [1.54, 1.807) is 4.90 Å². The Morgan fingerprint density at radius 1 is 1.19 bits per heavy atom. The summed E-state index contributed by atoms with van der Waals surface area (Å²) in [7, 11) is 0. The molecule has 1 aromatic carbocycles. The van der Waals surface area contributed by atoms with Gasteiger partial charge in [-0.05, 0) is 45.3 Å². The second-order valence-corrected chi connectivity index (χ2v) is 9.03. The van der Waals surface area contributed by atoms with Gasteiger partial charge in [-0.3, -0.25) is 14.5 Å². The fraction of sp³-hybridized carbons (Fsp3) is 0.450. The van der Waals surface area contributed by atoms with Crippen molar-refractivity contribution in [2.75, 3.05) is 6.54 Å². The fourth-order valence-corrected chi connectivity index (χ4v) is 3.91. The summed E-state index contributed by atoms with van der Waals surface area (Å²) in [5.74, 6) is 0.0586. The second-order valence-electron chi connectivity index (χ2n) is 7.35. The normalized spacial score (nSPS) is 16.4. The van der Waals surface area contributed by atoms with Gasteiger partial charge in [0, 0.05) is 18.5 Å². The minimum absolute atomic E-state index is 0.0191. The largest absolute Gasteiger partial charge is 0.352 e. The van der Waals surface area contributed by atoms with Crippen LogP contribution in [0.4, 0.5) is 0 Å². The lowest BCUT2D eigenvalue weighted by Gasteiger charge is -2.20. The van der Waals surface area contributed by atoms with Gasteiger partial charge in [0.25, 0.3) is 5.91 Å². The zero-order valence-electron chi connectivity index (χ0n) is 15.6. The summed E-state index contributed by atoms with van der Waals surface area (Å²) in [4.78, 5) is 26.7. The molecule has 0 bridgehead atoms. The van der Waals surface area contributed by atoms with Gasteiger partial charge in [0.1, 0.15) is 4.32 Å². The Hall–Kier alpha value is -1.66. The van der Waals surface area contributed by atoms with Crippen LogP contribution >= 0.6 is 24.0 Å². The highest BCUT2D eigenvalue weighted by molar-refractivity contribution is 8.26. The summed E-state index contributed by atoms with van der Waals surface area (Å²) >= 11 is 6.71. The lowest BCUT2D eigenvalue weighted by Crippen LogP contribution is -2.40. The predicted octanol–water partition coefficient (Wildman–Crippen LogP) is 4.36. The maximum Gasteiger partial charge on any atom is 0.266 e. The molecule has 0 aromatic heterocycles. The van der Waals surface area contributed by atoms with Gasteiger partial charge in [0.15, 0.2) is 0 Å².